The number of rotatable bonds is 2. The van der Waals surface area contributed by atoms with Crippen LogP contribution in [0.5, 0.6) is 0 Å². The van der Waals surface area contributed by atoms with Gasteiger partial charge in [-0.25, -0.2) is 4.57 Å². The van der Waals surface area contributed by atoms with Gasteiger partial charge in [-0.15, -0.1) is 0 Å². The van der Waals surface area contributed by atoms with Crippen LogP contribution in [-0.2, 0) is 7.05 Å². The number of benzene rings is 2. The minimum Gasteiger partial charge on any atom is -0.226 e. The van der Waals surface area contributed by atoms with Crippen molar-refractivity contribution in [3.8, 4) is 11.4 Å². The van der Waals surface area contributed by atoms with Gasteiger partial charge in [-0.2, -0.15) is 0 Å². The summed E-state index contributed by atoms with van der Waals surface area (Å²) in [6.07, 6.45) is 5.98. The SMILES string of the molecule is Cc1cc(C)c(C)c(-c2ncc3c(C4CCC(C)(C)C4)cccc3[n+]2C)c1. The molecule has 1 atom stereocenters. The quantitative estimate of drug-likeness (QED) is 0.517. The Labute approximate surface area is 163 Å². The summed E-state index contributed by atoms with van der Waals surface area (Å²) < 4.78 is 2.28. The molecule has 0 radical (unpaired) electrons. The van der Waals surface area contributed by atoms with Crippen LogP contribution in [0.2, 0.25) is 0 Å². The molecule has 27 heavy (non-hydrogen) atoms. The molecule has 140 valence electrons. The Balaban J connectivity index is 1.87. The molecule has 1 heterocycles. The molecule has 1 fully saturated rings. The zero-order valence-corrected chi connectivity index (χ0v) is 17.6. The maximum absolute atomic E-state index is 4.95. The highest BCUT2D eigenvalue weighted by Gasteiger charge is 2.33. The van der Waals surface area contributed by atoms with Gasteiger partial charge in [-0.3, -0.25) is 0 Å². The summed E-state index contributed by atoms with van der Waals surface area (Å²) in [4.78, 5) is 4.95. The molecule has 2 aromatic carbocycles. The van der Waals surface area contributed by atoms with Gasteiger partial charge in [0.25, 0.3) is 0 Å². The fraction of sp³-hybridized carbons (Fsp3) is 0.440. The second kappa shape index (κ2) is 6.44. The summed E-state index contributed by atoms with van der Waals surface area (Å²) >= 11 is 0. The van der Waals surface area contributed by atoms with Crippen LogP contribution in [-0.4, -0.2) is 4.98 Å². The minimum atomic E-state index is 0.457. The zero-order valence-electron chi connectivity index (χ0n) is 17.6. The van der Waals surface area contributed by atoms with Crippen molar-refractivity contribution < 1.29 is 4.57 Å². The summed E-state index contributed by atoms with van der Waals surface area (Å²) in [5.74, 6) is 1.70. The largest absolute Gasteiger partial charge is 0.330 e. The van der Waals surface area contributed by atoms with E-state index in [4.69, 9.17) is 4.98 Å². The van der Waals surface area contributed by atoms with Gasteiger partial charge in [0.15, 0.2) is 6.20 Å². The van der Waals surface area contributed by atoms with Gasteiger partial charge in [-0.1, -0.05) is 32.0 Å². The Morgan fingerprint density at radius 1 is 1.11 bits per heavy atom. The first kappa shape index (κ1) is 18.2. The van der Waals surface area contributed by atoms with E-state index >= 15 is 0 Å². The summed E-state index contributed by atoms with van der Waals surface area (Å²) in [6, 6.07) is 11.3. The molecule has 1 saturated carbocycles. The number of hydrogen-bond acceptors (Lipinski definition) is 1. The highest BCUT2D eigenvalue weighted by Crippen LogP contribution is 2.47. The van der Waals surface area contributed by atoms with Crippen molar-refractivity contribution in [1.82, 2.24) is 4.98 Å². The zero-order chi connectivity index (χ0) is 19.3. The molecular weight excluding hydrogens is 328 g/mol. The molecule has 0 amide bonds. The van der Waals surface area contributed by atoms with Gasteiger partial charge < -0.3 is 0 Å². The molecule has 3 aromatic rings. The van der Waals surface area contributed by atoms with Gasteiger partial charge in [-0.05, 0) is 90.7 Å². The van der Waals surface area contributed by atoms with Crippen molar-refractivity contribution in [3.63, 3.8) is 0 Å². The van der Waals surface area contributed by atoms with Crippen molar-refractivity contribution in [3.05, 3.63) is 58.8 Å². The van der Waals surface area contributed by atoms with Gasteiger partial charge in [0.1, 0.15) is 5.52 Å². The molecule has 1 aliphatic rings. The Hall–Kier alpha value is -2.22. The molecule has 1 unspecified atom stereocenters. The molecule has 1 aliphatic carbocycles. The maximum atomic E-state index is 4.95. The molecular formula is C25H31N2+. The lowest BCUT2D eigenvalue weighted by atomic mass is 9.87. The second-order valence-corrected chi connectivity index (χ2v) is 9.28. The number of aryl methyl sites for hydroxylation is 3. The average molecular weight is 360 g/mol. The van der Waals surface area contributed by atoms with Crippen molar-refractivity contribution in [1.29, 1.82) is 0 Å². The van der Waals surface area contributed by atoms with E-state index in [9.17, 15) is 0 Å². The Bertz CT molecular complexity index is 1030. The molecule has 0 bridgehead atoms. The Kier molecular flexibility index (Phi) is 4.33. The summed E-state index contributed by atoms with van der Waals surface area (Å²) in [7, 11) is 2.16. The van der Waals surface area contributed by atoms with E-state index < -0.39 is 0 Å². The molecule has 1 aromatic heterocycles. The highest BCUT2D eigenvalue weighted by molar-refractivity contribution is 5.80. The van der Waals surface area contributed by atoms with E-state index in [0.717, 1.165) is 5.82 Å². The number of fused-ring (bicyclic) bond motifs is 1. The van der Waals surface area contributed by atoms with Crippen molar-refractivity contribution in [2.24, 2.45) is 12.5 Å². The van der Waals surface area contributed by atoms with Crippen LogP contribution in [0.25, 0.3) is 22.3 Å². The number of hydrogen-bond donors (Lipinski definition) is 0. The first-order valence-corrected chi connectivity index (χ1v) is 10.1. The molecule has 2 nitrogen and oxygen atoms in total. The molecule has 0 N–H and O–H groups in total. The Morgan fingerprint density at radius 2 is 1.89 bits per heavy atom. The van der Waals surface area contributed by atoms with Crippen molar-refractivity contribution in [2.45, 2.75) is 59.8 Å². The predicted molar refractivity (Wildman–Crippen MR) is 113 cm³/mol. The smallest absolute Gasteiger partial charge is 0.226 e. The fourth-order valence-corrected chi connectivity index (χ4v) is 4.91. The maximum Gasteiger partial charge on any atom is 0.330 e. The van der Waals surface area contributed by atoms with E-state index in [1.54, 1.807) is 0 Å². The van der Waals surface area contributed by atoms with E-state index in [1.165, 1.54) is 58.0 Å². The third kappa shape index (κ3) is 3.16. The van der Waals surface area contributed by atoms with Crippen molar-refractivity contribution in [2.75, 3.05) is 0 Å². The summed E-state index contributed by atoms with van der Waals surface area (Å²) in [5.41, 5.74) is 8.39. The van der Waals surface area contributed by atoms with Gasteiger partial charge in [0.2, 0.25) is 0 Å². The first-order chi connectivity index (χ1) is 12.8. The van der Waals surface area contributed by atoms with Crippen LogP contribution < -0.4 is 4.57 Å². The van der Waals surface area contributed by atoms with Crippen LogP contribution in [0.15, 0.2) is 36.5 Å². The summed E-state index contributed by atoms with van der Waals surface area (Å²) in [5, 5.41) is 1.31. The normalized spacial score (nSPS) is 19.0. The first-order valence-electron chi connectivity index (χ1n) is 10.1. The monoisotopic (exact) mass is 359 g/mol. The topological polar surface area (TPSA) is 16.8 Å². The van der Waals surface area contributed by atoms with Crippen LogP contribution in [0.1, 0.15) is 61.3 Å². The van der Waals surface area contributed by atoms with Crippen molar-refractivity contribution >= 4 is 10.9 Å². The molecule has 4 rings (SSSR count). The van der Waals surface area contributed by atoms with Crippen LogP contribution in [0.3, 0.4) is 0 Å². The van der Waals surface area contributed by atoms with Gasteiger partial charge in [0, 0.05) is 0 Å². The standard InChI is InChI=1S/C25H31N2/c1-16-12-17(2)18(3)21(13-16)24-26-15-22-20(8-7-9-23(22)27(24)6)19-10-11-25(4,5)14-19/h7-9,12-13,15,19H,10-11,14H2,1-6H3/q+1. The van der Waals surface area contributed by atoms with E-state index in [2.05, 4.69) is 82.8 Å². The summed E-state index contributed by atoms with van der Waals surface area (Å²) in [6.45, 7) is 11.4. The fourth-order valence-electron chi connectivity index (χ4n) is 4.91. The van der Waals surface area contributed by atoms with E-state index in [1.807, 2.05) is 0 Å². The molecule has 0 saturated heterocycles. The third-order valence-corrected chi connectivity index (χ3v) is 6.57. The van der Waals surface area contributed by atoms with Crippen LogP contribution in [0, 0.1) is 26.2 Å². The second-order valence-electron chi connectivity index (χ2n) is 9.28. The third-order valence-electron chi connectivity index (χ3n) is 6.57. The lowest BCUT2D eigenvalue weighted by Crippen LogP contribution is -2.33. The average Bonchev–Trinajstić information content (AvgIpc) is 2.98. The van der Waals surface area contributed by atoms with E-state index in [-0.39, 0.29) is 0 Å². The number of nitrogens with zero attached hydrogens (tertiary/aromatic N) is 2. The predicted octanol–water partition coefficient (Wildman–Crippen LogP) is 5.95. The molecule has 0 spiro atoms. The molecule has 2 heteroatoms. The lowest BCUT2D eigenvalue weighted by Gasteiger charge is -2.18. The highest BCUT2D eigenvalue weighted by atomic mass is 15.0. The minimum absolute atomic E-state index is 0.457. The van der Waals surface area contributed by atoms with Crippen LogP contribution in [0.4, 0.5) is 0 Å². The lowest BCUT2D eigenvalue weighted by molar-refractivity contribution is -0.636. The molecule has 0 aliphatic heterocycles. The van der Waals surface area contributed by atoms with Gasteiger partial charge >= 0.3 is 5.82 Å². The van der Waals surface area contributed by atoms with Gasteiger partial charge in [0.05, 0.1) is 18.0 Å². The Morgan fingerprint density at radius 3 is 2.59 bits per heavy atom. The van der Waals surface area contributed by atoms with Crippen LogP contribution >= 0.6 is 0 Å². The number of aromatic nitrogens is 2. The van der Waals surface area contributed by atoms with E-state index in [0.29, 0.717) is 11.3 Å².